The average Bonchev–Trinajstić information content (AvgIpc) is 2.70. The molecule has 2 heterocycles. The molecule has 0 amide bonds. The van der Waals surface area contributed by atoms with Crippen LogP contribution in [0.5, 0.6) is 0 Å². The highest BCUT2D eigenvalue weighted by Crippen LogP contribution is 2.32. The van der Waals surface area contributed by atoms with Crippen LogP contribution in [0.2, 0.25) is 0 Å². The third-order valence-electron chi connectivity index (χ3n) is 3.15. The molecule has 1 N–H and O–H groups in total. The number of methoxy groups -OCH3 is 1. The lowest BCUT2D eigenvalue weighted by Crippen LogP contribution is -2.51. The highest BCUT2D eigenvalue weighted by atomic mass is 16.5. The molecule has 0 aliphatic carbocycles. The van der Waals surface area contributed by atoms with E-state index in [0.29, 0.717) is 5.92 Å². The minimum Gasteiger partial charge on any atom is -0.469 e. The first-order valence-corrected chi connectivity index (χ1v) is 5.51. The van der Waals surface area contributed by atoms with Gasteiger partial charge in [0, 0.05) is 18.6 Å². The van der Waals surface area contributed by atoms with Crippen LogP contribution in [0.25, 0.3) is 0 Å². The first kappa shape index (κ1) is 10.7. The maximum atomic E-state index is 5.48. The molecular weight excluding hydrogens is 190 g/mol. The van der Waals surface area contributed by atoms with Gasteiger partial charge in [0.2, 0.25) is 0 Å². The third kappa shape index (κ3) is 2.41. The SMILES string of the molecule is COCC1(C)CC(c2ccco2)CCN1. The van der Waals surface area contributed by atoms with Crippen LogP contribution in [-0.2, 0) is 4.74 Å². The van der Waals surface area contributed by atoms with E-state index in [9.17, 15) is 0 Å². The zero-order valence-electron chi connectivity index (χ0n) is 9.45. The van der Waals surface area contributed by atoms with E-state index < -0.39 is 0 Å². The van der Waals surface area contributed by atoms with Crippen molar-refractivity contribution in [3.8, 4) is 0 Å². The summed E-state index contributed by atoms with van der Waals surface area (Å²) in [5.41, 5.74) is 0.0878. The number of hydrogen-bond donors (Lipinski definition) is 1. The minimum absolute atomic E-state index is 0.0878. The van der Waals surface area contributed by atoms with Crippen LogP contribution >= 0.6 is 0 Å². The molecular formula is C12H19NO2. The molecule has 1 aliphatic heterocycles. The summed E-state index contributed by atoms with van der Waals surface area (Å²) in [4.78, 5) is 0. The minimum atomic E-state index is 0.0878. The lowest BCUT2D eigenvalue weighted by molar-refractivity contribution is 0.0918. The van der Waals surface area contributed by atoms with Crippen molar-refractivity contribution in [2.45, 2.75) is 31.2 Å². The Kier molecular flexibility index (Phi) is 3.12. The van der Waals surface area contributed by atoms with Crippen molar-refractivity contribution in [3.63, 3.8) is 0 Å². The van der Waals surface area contributed by atoms with Gasteiger partial charge in [-0.1, -0.05) is 0 Å². The van der Waals surface area contributed by atoms with Gasteiger partial charge in [-0.05, 0) is 38.4 Å². The molecule has 0 saturated carbocycles. The summed E-state index contributed by atoms with van der Waals surface area (Å²) < 4.78 is 10.7. The Morgan fingerprint density at radius 1 is 1.67 bits per heavy atom. The Labute approximate surface area is 90.8 Å². The van der Waals surface area contributed by atoms with Gasteiger partial charge < -0.3 is 14.5 Å². The third-order valence-corrected chi connectivity index (χ3v) is 3.15. The number of rotatable bonds is 3. The summed E-state index contributed by atoms with van der Waals surface area (Å²) in [5.74, 6) is 1.64. The van der Waals surface area contributed by atoms with E-state index in [1.807, 2.05) is 6.07 Å². The molecule has 3 heteroatoms. The normalized spacial score (nSPS) is 31.7. The predicted octanol–water partition coefficient (Wildman–Crippen LogP) is 2.15. The molecule has 84 valence electrons. The number of piperidine rings is 1. The van der Waals surface area contributed by atoms with E-state index >= 15 is 0 Å². The second kappa shape index (κ2) is 4.37. The quantitative estimate of drug-likeness (QED) is 0.828. The van der Waals surface area contributed by atoms with Crippen LogP contribution in [-0.4, -0.2) is 25.8 Å². The van der Waals surface area contributed by atoms with Crippen LogP contribution in [0.4, 0.5) is 0 Å². The van der Waals surface area contributed by atoms with E-state index in [4.69, 9.17) is 9.15 Å². The zero-order chi connectivity index (χ0) is 10.7. The smallest absolute Gasteiger partial charge is 0.106 e. The summed E-state index contributed by atoms with van der Waals surface area (Å²) in [6.07, 6.45) is 3.98. The summed E-state index contributed by atoms with van der Waals surface area (Å²) in [7, 11) is 1.75. The molecule has 1 saturated heterocycles. The van der Waals surface area contributed by atoms with Gasteiger partial charge in [-0.25, -0.2) is 0 Å². The van der Waals surface area contributed by atoms with E-state index in [2.05, 4.69) is 18.3 Å². The molecule has 15 heavy (non-hydrogen) atoms. The van der Waals surface area contributed by atoms with Crippen molar-refractivity contribution in [1.29, 1.82) is 0 Å². The molecule has 1 aliphatic rings. The fourth-order valence-electron chi connectivity index (χ4n) is 2.46. The second-order valence-corrected chi connectivity index (χ2v) is 4.63. The van der Waals surface area contributed by atoms with Crippen molar-refractivity contribution in [3.05, 3.63) is 24.2 Å². The van der Waals surface area contributed by atoms with Crippen molar-refractivity contribution in [1.82, 2.24) is 5.32 Å². The highest BCUT2D eigenvalue weighted by molar-refractivity contribution is 5.09. The lowest BCUT2D eigenvalue weighted by Gasteiger charge is -2.38. The van der Waals surface area contributed by atoms with Gasteiger partial charge in [-0.3, -0.25) is 0 Å². The number of nitrogens with one attached hydrogen (secondary N) is 1. The molecule has 0 radical (unpaired) electrons. The van der Waals surface area contributed by atoms with Gasteiger partial charge in [-0.15, -0.1) is 0 Å². The van der Waals surface area contributed by atoms with Crippen molar-refractivity contribution < 1.29 is 9.15 Å². The summed E-state index contributed by atoms with van der Waals surface area (Å²) >= 11 is 0. The molecule has 1 fully saturated rings. The predicted molar refractivity (Wildman–Crippen MR) is 59.0 cm³/mol. The number of furan rings is 1. The van der Waals surface area contributed by atoms with Crippen molar-refractivity contribution in [2.75, 3.05) is 20.3 Å². The Morgan fingerprint density at radius 3 is 3.20 bits per heavy atom. The largest absolute Gasteiger partial charge is 0.469 e. The summed E-state index contributed by atoms with van der Waals surface area (Å²) in [6, 6.07) is 4.04. The maximum Gasteiger partial charge on any atom is 0.106 e. The molecule has 0 spiro atoms. The van der Waals surface area contributed by atoms with Gasteiger partial charge in [0.25, 0.3) is 0 Å². The first-order valence-electron chi connectivity index (χ1n) is 5.51. The van der Waals surface area contributed by atoms with E-state index in [1.165, 1.54) is 0 Å². The van der Waals surface area contributed by atoms with Gasteiger partial charge in [0.05, 0.1) is 12.9 Å². The van der Waals surface area contributed by atoms with E-state index in [-0.39, 0.29) is 5.54 Å². The van der Waals surface area contributed by atoms with Crippen LogP contribution in [0.1, 0.15) is 31.4 Å². The van der Waals surface area contributed by atoms with Crippen LogP contribution in [0, 0.1) is 0 Å². The highest BCUT2D eigenvalue weighted by Gasteiger charge is 2.33. The van der Waals surface area contributed by atoms with Crippen LogP contribution in [0.3, 0.4) is 0 Å². The number of hydrogen-bond acceptors (Lipinski definition) is 3. The van der Waals surface area contributed by atoms with Gasteiger partial charge in [0.1, 0.15) is 5.76 Å². The molecule has 2 unspecified atom stereocenters. The Bertz CT molecular complexity index is 293. The van der Waals surface area contributed by atoms with E-state index in [0.717, 1.165) is 31.8 Å². The molecule has 1 aromatic heterocycles. The Hall–Kier alpha value is -0.800. The molecule has 2 rings (SSSR count). The Morgan fingerprint density at radius 2 is 2.53 bits per heavy atom. The van der Waals surface area contributed by atoms with Gasteiger partial charge >= 0.3 is 0 Å². The summed E-state index contributed by atoms with van der Waals surface area (Å²) in [5, 5.41) is 3.52. The summed E-state index contributed by atoms with van der Waals surface area (Å²) in [6.45, 7) is 4.00. The standard InChI is InChI=1S/C12H19NO2/c1-12(9-14-2)8-10(5-6-13-12)11-4-3-7-15-11/h3-4,7,10,13H,5-6,8-9H2,1-2H3. The monoisotopic (exact) mass is 209 g/mol. The van der Waals surface area contributed by atoms with Gasteiger partial charge in [-0.2, -0.15) is 0 Å². The molecule has 2 atom stereocenters. The second-order valence-electron chi connectivity index (χ2n) is 4.63. The van der Waals surface area contributed by atoms with Crippen LogP contribution < -0.4 is 5.32 Å². The van der Waals surface area contributed by atoms with Crippen molar-refractivity contribution in [2.24, 2.45) is 0 Å². The molecule has 0 aromatic carbocycles. The first-order chi connectivity index (χ1) is 7.23. The fraction of sp³-hybridized carbons (Fsp3) is 0.667. The average molecular weight is 209 g/mol. The maximum absolute atomic E-state index is 5.48. The van der Waals surface area contributed by atoms with Crippen LogP contribution in [0.15, 0.2) is 22.8 Å². The Balaban J connectivity index is 2.04. The molecule has 0 bridgehead atoms. The number of ether oxygens (including phenoxy) is 1. The van der Waals surface area contributed by atoms with Gasteiger partial charge in [0.15, 0.2) is 0 Å². The topological polar surface area (TPSA) is 34.4 Å². The molecule has 1 aromatic rings. The van der Waals surface area contributed by atoms with Crippen molar-refractivity contribution >= 4 is 0 Å². The molecule has 3 nitrogen and oxygen atoms in total. The fourth-order valence-corrected chi connectivity index (χ4v) is 2.46. The van der Waals surface area contributed by atoms with E-state index in [1.54, 1.807) is 13.4 Å². The zero-order valence-corrected chi connectivity index (χ0v) is 9.45. The lowest BCUT2D eigenvalue weighted by atomic mass is 9.82.